The zero-order valence-corrected chi connectivity index (χ0v) is 18.0. The monoisotopic (exact) mass is 430 g/mol. The topological polar surface area (TPSA) is 139 Å². The maximum absolute atomic E-state index is 11.8. The summed E-state index contributed by atoms with van der Waals surface area (Å²) >= 11 is 0. The van der Waals surface area contributed by atoms with Crippen LogP contribution >= 0.6 is 0 Å². The molecule has 9 nitrogen and oxygen atoms in total. The third-order valence-electron chi connectivity index (χ3n) is 5.40. The van der Waals surface area contributed by atoms with E-state index >= 15 is 0 Å². The van der Waals surface area contributed by atoms with Crippen molar-refractivity contribution in [3.63, 3.8) is 0 Å². The fourth-order valence-electron chi connectivity index (χ4n) is 3.60. The summed E-state index contributed by atoms with van der Waals surface area (Å²) in [5.41, 5.74) is 10.7. The van der Waals surface area contributed by atoms with Gasteiger partial charge in [0, 0.05) is 24.0 Å². The highest BCUT2D eigenvalue weighted by atomic mass is 16.4. The molecule has 0 aliphatic rings. The van der Waals surface area contributed by atoms with Gasteiger partial charge in [-0.1, -0.05) is 24.3 Å². The second kappa shape index (κ2) is 8.41. The average molecular weight is 430 g/mol. The predicted octanol–water partition coefficient (Wildman–Crippen LogP) is 1.11. The summed E-state index contributed by atoms with van der Waals surface area (Å²) < 4.78 is 1.77. The molecule has 0 unspecified atom stereocenters. The first-order chi connectivity index (χ1) is 15.3. The lowest BCUT2D eigenvalue weighted by Crippen LogP contribution is -2.30. The molecule has 0 spiro atoms. The van der Waals surface area contributed by atoms with Crippen molar-refractivity contribution in [1.82, 2.24) is 19.4 Å². The number of nitrogens with zero attached hydrogens (tertiary/aromatic N) is 4. The minimum atomic E-state index is -1.52. The van der Waals surface area contributed by atoms with Crippen LogP contribution in [0.25, 0.3) is 17.2 Å². The number of pyridine rings is 1. The van der Waals surface area contributed by atoms with Gasteiger partial charge >= 0.3 is 7.12 Å². The summed E-state index contributed by atoms with van der Waals surface area (Å²) in [6.07, 6.45) is 1.80. The SMILES string of the molecule is Cc1nc(-c2c(C)nc3c(C(N)=O)cccn23)nc(NCc2cccc(B(O)O)c2)c1C. The lowest BCUT2D eigenvalue weighted by atomic mass is 9.80. The van der Waals surface area contributed by atoms with E-state index in [9.17, 15) is 14.8 Å². The van der Waals surface area contributed by atoms with Crippen LogP contribution in [0.1, 0.15) is 32.9 Å². The molecule has 0 radical (unpaired) electrons. The Labute approximate surface area is 185 Å². The molecule has 0 saturated heterocycles. The summed E-state index contributed by atoms with van der Waals surface area (Å²) in [6.45, 7) is 6.11. The number of fused-ring (bicyclic) bond motifs is 1. The maximum Gasteiger partial charge on any atom is 0.488 e. The number of anilines is 1. The Morgan fingerprint density at radius 3 is 2.59 bits per heavy atom. The third-order valence-corrected chi connectivity index (χ3v) is 5.40. The molecule has 0 aliphatic carbocycles. The number of nitrogens with one attached hydrogen (secondary N) is 1. The molecule has 1 amide bonds. The Balaban J connectivity index is 1.74. The Bertz CT molecular complexity index is 1330. The number of primary amides is 1. The molecular weight excluding hydrogens is 407 g/mol. The van der Waals surface area contributed by atoms with E-state index in [-0.39, 0.29) is 0 Å². The molecule has 4 aromatic rings. The van der Waals surface area contributed by atoms with E-state index in [4.69, 9.17) is 10.7 Å². The molecule has 4 rings (SSSR count). The highest BCUT2D eigenvalue weighted by Gasteiger charge is 2.19. The van der Waals surface area contributed by atoms with Crippen LogP contribution in [0.3, 0.4) is 0 Å². The van der Waals surface area contributed by atoms with Crippen LogP contribution in [0, 0.1) is 20.8 Å². The van der Waals surface area contributed by atoms with Crippen LogP contribution < -0.4 is 16.5 Å². The Morgan fingerprint density at radius 1 is 1.09 bits per heavy atom. The standard InChI is InChI=1S/C22H23BN6O3/c1-12-13(2)26-21(18-14(3)27-22-17(19(24)30)8-5-9-29(18)22)28-20(12)25-11-15-6-4-7-16(10-15)23(31)32/h4-10,31-32H,11H2,1-3H3,(H2,24,30)(H,25,26,28). The van der Waals surface area contributed by atoms with Gasteiger partial charge in [-0.3, -0.25) is 9.20 Å². The number of benzene rings is 1. The molecule has 0 bridgehead atoms. The van der Waals surface area contributed by atoms with Crippen LogP contribution in [0.15, 0.2) is 42.6 Å². The van der Waals surface area contributed by atoms with Gasteiger partial charge in [0.25, 0.3) is 5.91 Å². The van der Waals surface area contributed by atoms with E-state index in [0.29, 0.717) is 46.2 Å². The summed E-state index contributed by atoms with van der Waals surface area (Å²) in [5.74, 6) is 0.579. The highest BCUT2D eigenvalue weighted by molar-refractivity contribution is 6.58. The van der Waals surface area contributed by atoms with Gasteiger partial charge in [0.1, 0.15) is 17.2 Å². The quantitative estimate of drug-likeness (QED) is 0.336. The molecule has 10 heteroatoms. The van der Waals surface area contributed by atoms with E-state index in [1.54, 1.807) is 40.9 Å². The Kier molecular flexibility index (Phi) is 5.64. The predicted molar refractivity (Wildman–Crippen MR) is 123 cm³/mol. The molecule has 162 valence electrons. The molecule has 0 atom stereocenters. The van der Waals surface area contributed by atoms with E-state index < -0.39 is 13.0 Å². The first-order valence-corrected chi connectivity index (χ1v) is 10.1. The normalized spacial score (nSPS) is 11.0. The number of imidazole rings is 1. The molecule has 5 N–H and O–H groups in total. The van der Waals surface area contributed by atoms with Crippen molar-refractivity contribution in [3.05, 3.63) is 70.7 Å². The van der Waals surface area contributed by atoms with Crippen LogP contribution in [-0.4, -0.2) is 42.4 Å². The summed E-state index contributed by atoms with van der Waals surface area (Å²) in [6, 6.07) is 10.4. The summed E-state index contributed by atoms with van der Waals surface area (Å²) in [4.78, 5) is 25.7. The van der Waals surface area contributed by atoms with Gasteiger partial charge in [-0.15, -0.1) is 0 Å². The molecule has 3 aromatic heterocycles. The summed E-state index contributed by atoms with van der Waals surface area (Å²) in [5, 5.41) is 22.1. The average Bonchev–Trinajstić information content (AvgIpc) is 3.10. The number of amides is 1. The van der Waals surface area contributed by atoms with Crippen LogP contribution in [0.5, 0.6) is 0 Å². The smallest absolute Gasteiger partial charge is 0.423 e. The lowest BCUT2D eigenvalue weighted by molar-refractivity contribution is 0.100. The number of hydrogen-bond donors (Lipinski definition) is 4. The van der Waals surface area contributed by atoms with Crippen molar-refractivity contribution in [2.24, 2.45) is 5.73 Å². The largest absolute Gasteiger partial charge is 0.488 e. The fourth-order valence-corrected chi connectivity index (χ4v) is 3.60. The summed E-state index contributed by atoms with van der Waals surface area (Å²) in [7, 11) is -1.52. The van der Waals surface area contributed by atoms with Gasteiger partial charge in [0.2, 0.25) is 0 Å². The highest BCUT2D eigenvalue weighted by Crippen LogP contribution is 2.27. The first kappa shape index (κ1) is 21.5. The molecule has 3 heterocycles. The lowest BCUT2D eigenvalue weighted by Gasteiger charge is -2.13. The second-order valence-corrected chi connectivity index (χ2v) is 7.60. The van der Waals surface area contributed by atoms with Crippen molar-refractivity contribution < 1.29 is 14.8 Å². The van der Waals surface area contributed by atoms with Crippen molar-refractivity contribution in [2.75, 3.05) is 5.32 Å². The number of nitrogens with two attached hydrogens (primary N) is 1. The number of hydrogen-bond acceptors (Lipinski definition) is 7. The Hall–Kier alpha value is -3.76. The molecular formula is C22H23BN6O3. The molecule has 0 saturated carbocycles. The minimum absolute atomic E-state index is 0.329. The number of aryl methyl sites for hydroxylation is 2. The van der Waals surface area contributed by atoms with Gasteiger partial charge in [-0.05, 0) is 43.9 Å². The van der Waals surface area contributed by atoms with E-state index in [0.717, 1.165) is 16.8 Å². The van der Waals surface area contributed by atoms with E-state index in [1.165, 1.54) is 0 Å². The van der Waals surface area contributed by atoms with Crippen molar-refractivity contribution in [3.8, 4) is 11.5 Å². The Morgan fingerprint density at radius 2 is 1.88 bits per heavy atom. The number of carbonyl (C=O) groups excluding carboxylic acids is 1. The van der Waals surface area contributed by atoms with Crippen LogP contribution in [0.2, 0.25) is 0 Å². The van der Waals surface area contributed by atoms with E-state index in [2.05, 4.69) is 15.3 Å². The van der Waals surface area contributed by atoms with Crippen molar-refractivity contribution in [2.45, 2.75) is 27.3 Å². The number of rotatable bonds is 6. The third kappa shape index (κ3) is 3.93. The van der Waals surface area contributed by atoms with Crippen LogP contribution in [0.4, 0.5) is 5.82 Å². The van der Waals surface area contributed by atoms with Gasteiger partial charge in [-0.25, -0.2) is 15.0 Å². The van der Waals surface area contributed by atoms with Crippen molar-refractivity contribution in [1.29, 1.82) is 0 Å². The van der Waals surface area contributed by atoms with Crippen molar-refractivity contribution >= 4 is 30.0 Å². The molecule has 1 aromatic carbocycles. The van der Waals surface area contributed by atoms with E-state index in [1.807, 2.05) is 26.8 Å². The number of aromatic nitrogens is 4. The second-order valence-electron chi connectivity index (χ2n) is 7.60. The van der Waals surface area contributed by atoms with Gasteiger partial charge in [0.05, 0.1) is 11.3 Å². The van der Waals surface area contributed by atoms with Crippen LogP contribution in [-0.2, 0) is 6.54 Å². The molecule has 0 fully saturated rings. The maximum atomic E-state index is 11.8. The minimum Gasteiger partial charge on any atom is -0.423 e. The van der Waals surface area contributed by atoms with Gasteiger partial charge < -0.3 is 21.1 Å². The van der Waals surface area contributed by atoms with Gasteiger partial charge in [0.15, 0.2) is 5.82 Å². The first-order valence-electron chi connectivity index (χ1n) is 10.1. The number of carbonyl (C=O) groups is 1. The zero-order valence-electron chi connectivity index (χ0n) is 18.0. The molecule has 0 aliphatic heterocycles. The zero-order chi connectivity index (χ0) is 23.0. The van der Waals surface area contributed by atoms with Gasteiger partial charge in [-0.2, -0.15) is 0 Å². The fraction of sp³-hybridized carbons (Fsp3) is 0.182. The molecule has 32 heavy (non-hydrogen) atoms.